The quantitative estimate of drug-likeness (QED) is 0.275. The third-order valence-electron chi connectivity index (χ3n) is 7.19. The first-order chi connectivity index (χ1) is 18.6. The molecule has 5 nitrogen and oxygen atoms in total. The zero-order chi connectivity index (χ0) is 26.1. The Kier molecular flexibility index (Phi) is 6.44. The summed E-state index contributed by atoms with van der Waals surface area (Å²) in [5.74, 6) is 2.54. The summed E-state index contributed by atoms with van der Waals surface area (Å²) in [5, 5.41) is 0. The molecule has 0 unspecified atom stereocenters. The van der Waals surface area contributed by atoms with Gasteiger partial charge in [0.1, 0.15) is 24.0 Å². The molecule has 6 rings (SSSR count). The van der Waals surface area contributed by atoms with E-state index in [0.717, 1.165) is 58.8 Å². The van der Waals surface area contributed by atoms with Crippen molar-refractivity contribution in [3.63, 3.8) is 0 Å². The number of ether oxygens (including phenoxy) is 3. The largest absolute Gasteiger partial charge is 0.497 e. The minimum atomic E-state index is -0.0895. The van der Waals surface area contributed by atoms with E-state index in [0.29, 0.717) is 23.8 Å². The number of rotatable bonds is 6. The number of hydrogen-bond donors (Lipinski definition) is 0. The van der Waals surface area contributed by atoms with Gasteiger partial charge >= 0.3 is 0 Å². The summed E-state index contributed by atoms with van der Waals surface area (Å²) < 4.78 is 17.5. The smallest absolute Gasteiger partial charge is 0.231 e. The van der Waals surface area contributed by atoms with Crippen molar-refractivity contribution in [2.24, 2.45) is 0 Å². The highest BCUT2D eigenvalue weighted by atomic mass is 16.5. The second-order valence-electron chi connectivity index (χ2n) is 9.72. The summed E-state index contributed by atoms with van der Waals surface area (Å²) >= 11 is 0. The fourth-order valence-electron chi connectivity index (χ4n) is 5.07. The van der Waals surface area contributed by atoms with Crippen molar-refractivity contribution < 1.29 is 19.0 Å². The van der Waals surface area contributed by atoms with Crippen LogP contribution in [0.5, 0.6) is 17.2 Å². The van der Waals surface area contributed by atoms with Crippen LogP contribution < -0.4 is 14.2 Å². The molecule has 0 amide bonds. The van der Waals surface area contributed by atoms with Crippen LogP contribution in [0.2, 0.25) is 0 Å². The van der Waals surface area contributed by atoms with Crippen molar-refractivity contribution in [2.45, 2.75) is 19.9 Å². The van der Waals surface area contributed by atoms with Crippen LogP contribution in [0.3, 0.4) is 0 Å². The number of Topliss-reactive ketones (excluding diaryl/α,β-unsaturated/α-hetero) is 1. The lowest BCUT2D eigenvalue weighted by Gasteiger charge is -2.30. The van der Waals surface area contributed by atoms with E-state index in [1.54, 1.807) is 7.11 Å². The standard InChI is InChI=1S/C33H29NO4/c1-22-32-27(20-34(21-37-32)17-16-23-10-14-28(36-2)15-11-23)19-29-31(35)30(38-33(22)29)18-24-8-12-26(13-9-24)25-6-4-3-5-7-25/h3-15,18-19H,16-17,20-21H2,1-2H3/b30-18-. The van der Waals surface area contributed by atoms with Gasteiger partial charge in [0.2, 0.25) is 5.78 Å². The van der Waals surface area contributed by atoms with Crippen LogP contribution >= 0.6 is 0 Å². The molecule has 0 bridgehead atoms. The fourth-order valence-corrected chi connectivity index (χ4v) is 5.07. The molecule has 0 atom stereocenters. The zero-order valence-electron chi connectivity index (χ0n) is 21.6. The Morgan fingerprint density at radius 2 is 1.66 bits per heavy atom. The van der Waals surface area contributed by atoms with Crippen LogP contribution in [0.15, 0.2) is 90.7 Å². The maximum atomic E-state index is 13.3. The van der Waals surface area contributed by atoms with Crippen LogP contribution in [0.25, 0.3) is 17.2 Å². The van der Waals surface area contributed by atoms with Gasteiger partial charge in [-0.15, -0.1) is 0 Å². The van der Waals surface area contributed by atoms with E-state index in [2.05, 4.69) is 41.3 Å². The first-order valence-corrected chi connectivity index (χ1v) is 12.8. The lowest BCUT2D eigenvalue weighted by Crippen LogP contribution is -2.34. The molecule has 0 aliphatic carbocycles. The summed E-state index contributed by atoms with van der Waals surface area (Å²) in [6.45, 7) is 4.06. The summed E-state index contributed by atoms with van der Waals surface area (Å²) in [6.07, 6.45) is 2.72. The molecule has 38 heavy (non-hydrogen) atoms. The molecule has 0 fully saturated rings. The normalized spacial score (nSPS) is 15.5. The monoisotopic (exact) mass is 503 g/mol. The second-order valence-corrected chi connectivity index (χ2v) is 9.72. The van der Waals surface area contributed by atoms with Gasteiger partial charge in [0.25, 0.3) is 0 Å². The van der Waals surface area contributed by atoms with Crippen LogP contribution in [0.1, 0.15) is 32.6 Å². The molecule has 4 aromatic carbocycles. The molecule has 0 saturated heterocycles. The Hall–Kier alpha value is -4.35. The lowest BCUT2D eigenvalue weighted by atomic mass is 9.99. The fraction of sp³-hybridized carbons (Fsp3) is 0.182. The first-order valence-electron chi connectivity index (χ1n) is 12.8. The van der Waals surface area contributed by atoms with Crippen molar-refractivity contribution >= 4 is 11.9 Å². The number of nitrogens with zero attached hydrogens (tertiary/aromatic N) is 1. The van der Waals surface area contributed by atoms with E-state index in [4.69, 9.17) is 14.2 Å². The van der Waals surface area contributed by atoms with Crippen LogP contribution in [0, 0.1) is 6.92 Å². The molecule has 0 saturated carbocycles. The SMILES string of the molecule is COc1ccc(CCN2COc3c(cc4c(c3C)O/C(=C\c3ccc(-c5ccccc5)cc3)C4=O)C2)cc1. The minimum Gasteiger partial charge on any atom is -0.497 e. The van der Waals surface area contributed by atoms with Crippen molar-refractivity contribution in [1.29, 1.82) is 0 Å². The van der Waals surface area contributed by atoms with Crippen LogP contribution in [0.4, 0.5) is 0 Å². The maximum absolute atomic E-state index is 13.3. The van der Waals surface area contributed by atoms with Gasteiger partial charge in [-0.25, -0.2) is 0 Å². The predicted molar refractivity (Wildman–Crippen MR) is 149 cm³/mol. The molecule has 0 radical (unpaired) electrons. The number of ketones is 1. The summed E-state index contributed by atoms with van der Waals surface area (Å²) in [7, 11) is 1.67. The van der Waals surface area contributed by atoms with Crippen LogP contribution in [-0.4, -0.2) is 31.1 Å². The van der Waals surface area contributed by atoms with E-state index < -0.39 is 0 Å². The minimum absolute atomic E-state index is 0.0895. The van der Waals surface area contributed by atoms with Gasteiger partial charge < -0.3 is 14.2 Å². The molecule has 0 spiro atoms. The van der Waals surface area contributed by atoms with Gasteiger partial charge in [0.05, 0.1) is 12.7 Å². The molecule has 0 aromatic heterocycles. The third kappa shape index (κ3) is 4.69. The Balaban J connectivity index is 1.17. The zero-order valence-corrected chi connectivity index (χ0v) is 21.6. The molecule has 2 heterocycles. The number of benzene rings is 4. The first kappa shape index (κ1) is 24.0. The third-order valence-corrected chi connectivity index (χ3v) is 7.19. The van der Waals surface area contributed by atoms with E-state index >= 15 is 0 Å². The predicted octanol–water partition coefficient (Wildman–Crippen LogP) is 6.68. The maximum Gasteiger partial charge on any atom is 0.231 e. The average molecular weight is 504 g/mol. The van der Waals surface area contributed by atoms with E-state index in [1.807, 2.05) is 61.5 Å². The highest BCUT2D eigenvalue weighted by Gasteiger charge is 2.33. The van der Waals surface area contributed by atoms with Gasteiger partial charge in [-0.05, 0) is 59.9 Å². The highest BCUT2D eigenvalue weighted by Crippen LogP contribution is 2.43. The molecular weight excluding hydrogens is 474 g/mol. The average Bonchev–Trinajstić information content (AvgIpc) is 3.28. The molecule has 2 aliphatic rings. The Labute approximate surface area is 222 Å². The van der Waals surface area contributed by atoms with Gasteiger partial charge in [0, 0.05) is 24.2 Å². The van der Waals surface area contributed by atoms with Gasteiger partial charge in [-0.3, -0.25) is 9.69 Å². The summed E-state index contributed by atoms with van der Waals surface area (Å²) in [4.78, 5) is 15.6. The van der Waals surface area contributed by atoms with Crippen molar-refractivity contribution in [3.05, 3.63) is 119 Å². The Morgan fingerprint density at radius 3 is 2.39 bits per heavy atom. The molecule has 4 aromatic rings. The molecule has 2 aliphatic heterocycles. The Bertz CT molecular complexity index is 1510. The topological polar surface area (TPSA) is 48.0 Å². The molecule has 5 heteroatoms. The van der Waals surface area contributed by atoms with Crippen molar-refractivity contribution in [3.8, 4) is 28.4 Å². The van der Waals surface area contributed by atoms with E-state index in [9.17, 15) is 4.79 Å². The number of fused-ring (bicyclic) bond motifs is 2. The number of methoxy groups -OCH3 is 1. The van der Waals surface area contributed by atoms with Gasteiger partial charge in [0.15, 0.2) is 5.76 Å². The van der Waals surface area contributed by atoms with E-state index in [-0.39, 0.29) is 5.78 Å². The van der Waals surface area contributed by atoms with Crippen molar-refractivity contribution in [1.82, 2.24) is 4.90 Å². The summed E-state index contributed by atoms with van der Waals surface area (Å²) in [5.41, 5.74) is 6.96. The second kappa shape index (κ2) is 10.2. The molecule has 190 valence electrons. The summed E-state index contributed by atoms with van der Waals surface area (Å²) in [6, 6.07) is 28.5. The van der Waals surface area contributed by atoms with Crippen LogP contribution in [-0.2, 0) is 13.0 Å². The number of hydrogen-bond acceptors (Lipinski definition) is 5. The van der Waals surface area contributed by atoms with Crippen molar-refractivity contribution in [2.75, 3.05) is 20.4 Å². The molecule has 0 N–H and O–H groups in total. The van der Waals surface area contributed by atoms with E-state index in [1.165, 1.54) is 5.56 Å². The van der Waals surface area contributed by atoms with Gasteiger partial charge in [-0.2, -0.15) is 0 Å². The number of carbonyl (C=O) groups excluding carboxylic acids is 1. The Morgan fingerprint density at radius 1 is 0.921 bits per heavy atom. The highest BCUT2D eigenvalue weighted by molar-refractivity contribution is 6.15. The number of carbonyl (C=O) groups is 1. The lowest BCUT2D eigenvalue weighted by molar-refractivity contribution is 0.0954. The van der Waals surface area contributed by atoms with Gasteiger partial charge in [-0.1, -0.05) is 66.7 Å². The number of allylic oxidation sites excluding steroid dienone is 1. The molecular formula is C33H29NO4.